The second-order valence-electron chi connectivity index (χ2n) is 6.29. The predicted molar refractivity (Wildman–Crippen MR) is 89.8 cm³/mol. The molecule has 2 rings (SSSR count). The molecule has 0 aliphatic rings. The molecule has 2 aromatic heterocycles. The van der Waals surface area contributed by atoms with Crippen LogP contribution in [0.5, 0.6) is 0 Å². The van der Waals surface area contributed by atoms with E-state index in [2.05, 4.69) is 10.4 Å². The summed E-state index contributed by atoms with van der Waals surface area (Å²) in [5, 5.41) is 16.5. The lowest BCUT2D eigenvalue weighted by molar-refractivity contribution is 0.0916. The third-order valence-corrected chi connectivity index (χ3v) is 4.20. The van der Waals surface area contributed by atoms with Crippen molar-refractivity contribution in [3.8, 4) is 5.82 Å². The first-order chi connectivity index (χ1) is 10.9. The number of aliphatic hydroxyl groups excluding tert-OH is 1. The van der Waals surface area contributed by atoms with Gasteiger partial charge in [0.25, 0.3) is 5.91 Å². The molecule has 0 bridgehead atoms. The number of rotatable bonds is 6. The maximum atomic E-state index is 12.7. The van der Waals surface area contributed by atoms with Gasteiger partial charge in [0, 0.05) is 31.1 Å². The van der Waals surface area contributed by atoms with Gasteiger partial charge in [0.05, 0.1) is 6.20 Å². The molecule has 1 atom stereocenters. The van der Waals surface area contributed by atoms with Gasteiger partial charge in [-0.1, -0.05) is 13.8 Å². The van der Waals surface area contributed by atoms with Crippen LogP contribution in [0.25, 0.3) is 5.82 Å². The molecule has 126 valence electrons. The Morgan fingerprint density at radius 1 is 1.30 bits per heavy atom. The summed E-state index contributed by atoms with van der Waals surface area (Å²) in [4.78, 5) is 12.7. The van der Waals surface area contributed by atoms with Crippen LogP contribution in [0.15, 0.2) is 18.3 Å². The Hall–Kier alpha value is -2.08. The van der Waals surface area contributed by atoms with Gasteiger partial charge in [-0.15, -0.1) is 0 Å². The van der Waals surface area contributed by atoms with E-state index in [0.717, 1.165) is 17.2 Å². The Morgan fingerprint density at radius 3 is 2.43 bits per heavy atom. The highest BCUT2D eigenvalue weighted by molar-refractivity contribution is 5.97. The van der Waals surface area contributed by atoms with Crippen LogP contribution in [0.2, 0.25) is 0 Å². The van der Waals surface area contributed by atoms with Crippen molar-refractivity contribution < 1.29 is 9.90 Å². The number of hydrogen-bond acceptors (Lipinski definition) is 3. The van der Waals surface area contributed by atoms with Gasteiger partial charge in [-0.2, -0.15) is 5.10 Å². The average Bonchev–Trinajstić information content (AvgIpc) is 3.01. The summed E-state index contributed by atoms with van der Waals surface area (Å²) in [6.07, 6.45) is 2.14. The number of carbonyl (C=O) groups excluding carboxylic acids is 1. The lowest BCUT2D eigenvalue weighted by Crippen LogP contribution is -2.39. The van der Waals surface area contributed by atoms with Crippen molar-refractivity contribution in [2.75, 3.05) is 6.61 Å². The molecule has 0 aliphatic heterocycles. The van der Waals surface area contributed by atoms with Crippen molar-refractivity contribution in [1.82, 2.24) is 19.7 Å². The SMILES string of the molecule is Cc1ccc(C)n1-c1c(C(=O)NC(CCO)C(C)C)cnn1C. The van der Waals surface area contributed by atoms with Crippen molar-refractivity contribution >= 4 is 5.91 Å². The fourth-order valence-electron chi connectivity index (χ4n) is 2.82. The molecule has 2 aromatic rings. The standard InChI is InChI=1S/C17H26N4O2/c1-11(2)15(8-9-22)19-16(23)14-10-18-20(5)17(14)21-12(3)6-7-13(21)4/h6-7,10-11,15,22H,8-9H2,1-5H3,(H,19,23). The van der Waals surface area contributed by atoms with E-state index >= 15 is 0 Å². The van der Waals surface area contributed by atoms with Gasteiger partial charge < -0.3 is 15.0 Å². The molecule has 6 heteroatoms. The van der Waals surface area contributed by atoms with Gasteiger partial charge in [-0.25, -0.2) is 0 Å². The van der Waals surface area contributed by atoms with E-state index < -0.39 is 0 Å². The Morgan fingerprint density at radius 2 is 1.91 bits per heavy atom. The van der Waals surface area contributed by atoms with Crippen LogP contribution in [-0.4, -0.2) is 38.0 Å². The number of carbonyl (C=O) groups is 1. The Bertz CT molecular complexity index is 665. The van der Waals surface area contributed by atoms with Gasteiger partial charge in [0.1, 0.15) is 11.4 Å². The van der Waals surface area contributed by atoms with E-state index in [9.17, 15) is 9.90 Å². The zero-order valence-electron chi connectivity index (χ0n) is 14.5. The second-order valence-corrected chi connectivity index (χ2v) is 6.29. The molecule has 6 nitrogen and oxygen atoms in total. The van der Waals surface area contributed by atoms with Crippen LogP contribution in [0.1, 0.15) is 42.0 Å². The minimum atomic E-state index is -0.159. The molecule has 23 heavy (non-hydrogen) atoms. The highest BCUT2D eigenvalue weighted by Crippen LogP contribution is 2.20. The number of nitrogens with one attached hydrogen (secondary N) is 1. The van der Waals surface area contributed by atoms with Crippen molar-refractivity contribution in [3.63, 3.8) is 0 Å². The lowest BCUT2D eigenvalue weighted by atomic mass is 10.0. The monoisotopic (exact) mass is 318 g/mol. The van der Waals surface area contributed by atoms with E-state index in [4.69, 9.17) is 0 Å². The first-order valence-corrected chi connectivity index (χ1v) is 7.95. The molecule has 0 spiro atoms. The maximum Gasteiger partial charge on any atom is 0.256 e. The summed E-state index contributed by atoms with van der Waals surface area (Å²) in [5.41, 5.74) is 2.64. The van der Waals surface area contributed by atoms with E-state index in [1.165, 1.54) is 0 Å². The van der Waals surface area contributed by atoms with Crippen molar-refractivity contribution in [2.45, 2.75) is 40.2 Å². The predicted octanol–water partition coefficient (Wildman–Crippen LogP) is 1.96. The number of nitrogens with zero attached hydrogens (tertiary/aromatic N) is 3. The normalized spacial score (nSPS) is 12.7. The van der Waals surface area contributed by atoms with Crippen LogP contribution in [0, 0.1) is 19.8 Å². The van der Waals surface area contributed by atoms with Gasteiger partial charge in [-0.05, 0) is 38.3 Å². The van der Waals surface area contributed by atoms with Crippen molar-refractivity contribution in [1.29, 1.82) is 0 Å². The zero-order valence-corrected chi connectivity index (χ0v) is 14.5. The lowest BCUT2D eigenvalue weighted by Gasteiger charge is -2.22. The average molecular weight is 318 g/mol. The molecule has 0 aromatic carbocycles. The number of aromatic nitrogens is 3. The smallest absolute Gasteiger partial charge is 0.256 e. The summed E-state index contributed by atoms with van der Waals surface area (Å²) in [5.74, 6) is 0.850. The van der Waals surface area contributed by atoms with E-state index in [0.29, 0.717) is 12.0 Å². The number of aliphatic hydroxyl groups is 1. The Labute approximate surface area is 137 Å². The minimum Gasteiger partial charge on any atom is -0.396 e. The molecule has 0 radical (unpaired) electrons. The highest BCUT2D eigenvalue weighted by Gasteiger charge is 2.23. The number of aryl methyl sites for hydroxylation is 3. The van der Waals surface area contributed by atoms with Gasteiger partial charge in [0.15, 0.2) is 0 Å². The van der Waals surface area contributed by atoms with E-state index in [1.807, 2.05) is 51.4 Å². The van der Waals surface area contributed by atoms with E-state index in [1.54, 1.807) is 10.9 Å². The molecule has 0 fully saturated rings. The van der Waals surface area contributed by atoms with Crippen LogP contribution >= 0.6 is 0 Å². The summed E-state index contributed by atoms with van der Waals surface area (Å²) < 4.78 is 3.74. The maximum absolute atomic E-state index is 12.7. The van der Waals surface area contributed by atoms with E-state index in [-0.39, 0.29) is 24.5 Å². The number of hydrogen-bond donors (Lipinski definition) is 2. The number of amides is 1. The molecular formula is C17H26N4O2. The summed E-state index contributed by atoms with van der Waals surface area (Å²) in [6.45, 7) is 8.13. The van der Waals surface area contributed by atoms with Gasteiger partial charge in [0.2, 0.25) is 0 Å². The minimum absolute atomic E-state index is 0.0544. The quantitative estimate of drug-likeness (QED) is 0.855. The topological polar surface area (TPSA) is 72.1 Å². The van der Waals surface area contributed by atoms with Crippen LogP contribution in [0.4, 0.5) is 0 Å². The molecule has 2 heterocycles. The fourth-order valence-corrected chi connectivity index (χ4v) is 2.82. The largest absolute Gasteiger partial charge is 0.396 e. The zero-order chi connectivity index (χ0) is 17.1. The highest BCUT2D eigenvalue weighted by atomic mass is 16.3. The first-order valence-electron chi connectivity index (χ1n) is 7.95. The molecule has 0 saturated heterocycles. The van der Waals surface area contributed by atoms with Crippen LogP contribution in [-0.2, 0) is 7.05 Å². The second kappa shape index (κ2) is 7.00. The van der Waals surface area contributed by atoms with Crippen LogP contribution < -0.4 is 5.32 Å². The molecule has 0 aliphatic carbocycles. The fraction of sp³-hybridized carbons (Fsp3) is 0.529. The molecule has 0 saturated carbocycles. The van der Waals surface area contributed by atoms with Crippen molar-refractivity contribution in [2.24, 2.45) is 13.0 Å². The van der Waals surface area contributed by atoms with Crippen molar-refractivity contribution in [3.05, 3.63) is 35.3 Å². The van der Waals surface area contributed by atoms with Crippen LogP contribution in [0.3, 0.4) is 0 Å². The summed E-state index contributed by atoms with van der Waals surface area (Å²) >= 11 is 0. The first kappa shape index (κ1) is 17.3. The molecule has 2 N–H and O–H groups in total. The van der Waals surface area contributed by atoms with Gasteiger partial charge >= 0.3 is 0 Å². The molecule has 1 amide bonds. The molecule has 1 unspecified atom stereocenters. The Balaban J connectivity index is 2.36. The molecular weight excluding hydrogens is 292 g/mol. The Kier molecular flexibility index (Phi) is 5.26. The van der Waals surface area contributed by atoms with Gasteiger partial charge in [-0.3, -0.25) is 9.48 Å². The third kappa shape index (κ3) is 3.47. The summed E-state index contributed by atoms with van der Waals surface area (Å²) in [6, 6.07) is 3.98. The third-order valence-electron chi connectivity index (χ3n) is 4.20. The summed E-state index contributed by atoms with van der Waals surface area (Å²) in [7, 11) is 1.83.